The summed E-state index contributed by atoms with van der Waals surface area (Å²) in [7, 11) is 0. The number of nitriles is 1. The van der Waals surface area contributed by atoms with Gasteiger partial charge in [0.15, 0.2) is 5.82 Å². The normalized spacial score (nSPS) is 11.6. The molecule has 3 aromatic heterocycles. The Balaban J connectivity index is 1.30. The molecule has 0 aliphatic heterocycles. The van der Waals surface area contributed by atoms with E-state index >= 15 is 0 Å². The van der Waals surface area contributed by atoms with Crippen LogP contribution < -0.4 is 0 Å². The fourth-order valence-corrected chi connectivity index (χ4v) is 8.51. The molecule has 0 aliphatic rings. The van der Waals surface area contributed by atoms with Crippen LogP contribution in [0.4, 0.5) is 0 Å². The second-order valence-corrected chi connectivity index (χ2v) is 14.1. The molecule has 0 radical (unpaired) electrons. The summed E-state index contributed by atoms with van der Waals surface area (Å²) in [4.78, 5) is 10.4. The zero-order valence-electron chi connectivity index (χ0n) is 30.1. The van der Waals surface area contributed by atoms with Gasteiger partial charge in [-0.15, -0.1) is 0 Å². The summed E-state index contributed by atoms with van der Waals surface area (Å²) in [6, 6.07) is 67.8. The minimum absolute atomic E-state index is 0.438. The molecule has 8 aromatic carbocycles. The van der Waals surface area contributed by atoms with Gasteiger partial charge in [-0.2, -0.15) is 5.26 Å². The molecule has 0 saturated heterocycles. The summed E-state index contributed by atoms with van der Waals surface area (Å²) in [5, 5.41) is 17.8. The zero-order valence-corrected chi connectivity index (χ0v) is 30.1. The molecule has 0 N–H and O–H groups in total. The van der Waals surface area contributed by atoms with Crippen LogP contribution >= 0.6 is 0 Å². The predicted octanol–water partition coefficient (Wildman–Crippen LogP) is 12.7. The molecular formula is C51H31N5. The van der Waals surface area contributed by atoms with E-state index in [0.29, 0.717) is 22.8 Å². The van der Waals surface area contributed by atoms with Gasteiger partial charge >= 0.3 is 0 Å². The quantitative estimate of drug-likeness (QED) is 0.178. The van der Waals surface area contributed by atoms with Crippen LogP contribution in [0.15, 0.2) is 188 Å². The van der Waals surface area contributed by atoms with Crippen molar-refractivity contribution in [2.45, 2.75) is 0 Å². The Labute approximate surface area is 322 Å². The first-order valence-corrected chi connectivity index (χ1v) is 18.7. The second kappa shape index (κ2) is 12.7. The summed E-state index contributed by atoms with van der Waals surface area (Å²) in [5.74, 6) is 0.568. The monoisotopic (exact) mass is 713 g/mol. The van der Waals surface area contributed by atoms with Gasteiger partial charge in [-0.3, -0.25) is 0 Å². The smallest absolute Gasteiger partial charge is 0.160 e. The van der Waals surface area contributed by atoms with Crippen LogP contribution in [0.3, 0.4) is 0 Å². The highest BCUT2D eigenvalue weighted by molar-refractivity contribution is 6.26. The molecule has 11 rings (SSSR count). The molecule has 0 spiro atoms. The molecule has 0 unspecified atom stereocenters. The Kier molecular flexibility index (Phi) is 7.16. The Morgan fingerprint density at radius 3 is 1.77 bits per heavy atom. The summed E-state index contributed by atoms with van der Waals surface area (Å²) in [6.07, 6.45) is 0. The van der Waals surface area contributed by atoms with E-state index in [0.717, 1.165) is 71.7 Å². The van der Waals surface area contributed by atoms with E-state index in [1.54, 1.807) is 0 Å². The third-order valence-corrected chi connectivity index (χ3v) is 10.9. The summed E-state index contributed by atoms with van der Waals surface area (Å²) in [6.45, 7) is 0. The number of aromatic nitrogens is 4. The highest BCUT2D eigenvalue weighted by Crippen LogP contribution is 2.45. The van der Waals surface area contributed by atoms with E-state index < -0.39 is 0 Å². The number of hydrogen-bond donors (Lipinski definition) is 0. The van der Waals surface area contributed by atoms with Gasteiger partial charge in [-0.1, -0.05) is 146 Å². The number of fused-ring (bicyclic) bond motifs is 8. The molecule has 56 heavy (non-hydrogen) atoms. The topological polar surface area (TPSA) is 59.4 Å². The molecule has 260 valence electrons. The highest BCUT2D eigenvalue weighted by atomic mass is 15.0. The first-order chi connectivity index (χ1) is 27.8. The molecule has 0 bridgehead atoms. The minimum atomic E-state index is 0.438. The van der Waals surface area contributed by atoms with Crippen molar-refractivity contribution in [1.29, 1.82) is 5.26 Å². The molecule has 3 heterocycles. The van der Waals surface area contributed by atoms with E-state index in [-0.39, 0.29) is 0 Å². The standard InChI is InChI=1S/C51H31N5/c52-32-43-47(36-28-27-33-15-10-11-18-35(33)31-36)53-51(34-16-4-1-5-17-34)54-48(43)41-24-14-26-45-46(41)42-30-29-40-39-23-12-13-25-44(39)55(37-19-6-2-7-20-37)49(40)50(42)56(45)38-21-8-3-9-22-38/h1-31H. The third kappa shape index (κ3) is 4.80. The van der Waals surface area contributed by atoms with Crippen molar-refractivity contribution in [3.8, 4) is 51.3 Å². The molecule has 5 heteroatoms. The maximum atomic E-state index is 11.1. The zero-order chi connectivity index (χ0) is 37.2. The van der Waals surface area contributed by atoms with E-state index in [4.69, 9.17) is 9.97 Å². The summed E-state index contributed by atoms with van der Waals surface area (Å²) < 4.78 is 4.77. The number of hydrogen-bond acceptors (Lipinski definition) is 3. The lowest BCUT2D eigenvalue weighted by Gasteiger charge is -2.14. The fourth-order valence-electron chi connectivity index (χ4n) is 8.51. The van der Waals surface area contributed by atoms with Gasteiger partial charge in [0.2, 0.25) is 0 Å². The maximum absolute atomic E-state index is 11.1. The van der Waals surface area contributed by atoms with Crippen LogP contribution in [0.2, 0.25) is 0 Å². The Hall–Kier alpha value is -7.81. The average molecular weight is 714 g/mol. The third-order valence-electron chi connectivity index (χ3n) is 10.9. The lowest BCUT2D eigenvalue weighted by Crippen LogP contribution is -2.01. The van der Waals surface area contributed by atoms with Crippen molar-refractivity contribution < 1.29 is 0 Å². The van der Waals surface area contributed by atoms with Crippen molar-refractivity contribution in [3.63, 3.8) is 0 Å². The lowest BCUT2D eigenvalue weighted by molar-refractivity contribution is 1.15. The van der Waals surface area contributed by atoms with Crippen molar-refractivity contribution in [2.24, 2.45) is 0 Å². The van der Waals surface area contributed by atoms with Gasteiger partial charge in [-0.25, -0.2) is 9.97 Å². The van der Waals surface area contributed by atoms with Crippen molar-refractivity contribution >= 4 is 54.4 Å². The number of benzene rings is 8. The molecular weight excluding hydrogens is 683 g/mol. The largest absolute Gasteiger partial charge is 0.307 e. The number of rotatable bonds is 5. The van der Waals surface area contributed by atoms with Crippen LogP contribution in [-0.4, -0.2) is 19.1 Å². The van der Waals surface area contributed by atoms with Gasteiger partial charge in [0.05, 0.1) is 33.5 Å². The van der Waals surface area contributed by atoms with E-state index in [9.17, 15) is 5.26 Å². The Morgan fingerprint density at radius 1 is 0.429 bits per heavy atom. The average Bonchev–Trinajstić information content (AvgIpc) is 3.80. The summed E-state index contributed by atoms with van der Waals surface area (Å²) in [5.41, 5.74) is 10.8. The Morgan fingerprint density at radius 2 is 1.02 bits per heavy atom. The van der Waals surface area contributed by atoms with Gasteiger partial charge in [0.1, 0.15) is 11.6 Å². The van der Waals surface area contributed by atoms with Crippen LogP contribution in [0.5, 0.6) is 0 Å². The van der Waals surface area contributed by atoms with Crippen LogP contribution in [0, 0.1) is 11.3 Å². The van der Waals surface area contributed by atoms with Crippen LogP contribution in [0.25, 0.3) is 99.7 Å². The van der Waals surface area contributed by atoms with Crippen LogP contribution in [-0.2, 0) is 0 Å². The highest BCUT2D eigenvalue weighted by Gasteiger charge is 2.26. The van der Waals surface area contributed by atoms with Gasteiger partial charge in [0.25, 0.3) is 0 Å². The van der Waals surface area contributed by atoms with Crippen molar-refractivity contribution in [2.75, 3.05) is 0 Å². The van der Waals surface area contributed by atoms with Crippen LogP contribution in [0.1, 0.15) is 5.56 Å². The SMILES string of the molecule is N#Cc1c(-c2ccc3ccccc3c2)nc(-c2ccccc2)nc1-c1cccc2c1c1ccc3c4ccccc4n(-c4ccccc4)c3c1n2-c1ccccc1. The fraction of sp³-hybridized carbons (Fsp3) is 0. The minimum Gasteiger partial charge on any atom is -0.307 e. The molecule has 0 fully saturated rings. The first-order valence-electron chi connectivity index (χ1n) is 18.7. The maximum Gasteiger partial charge on any atom is 0.160 e. The molecule has 0 atom stereocenters. The molecule has 0 aliphatic carbocycles. The molecule has 0 amide bonds. The lowest BCUT2D eigenvalue weighted by atomic mass is 9.95. The van der Waals surface area contributed by atoms with Gasteiger partial charge in [-0.05, 0) is 53.2 Å². The van der Waals surface area contributed by atoms with Crippen molar-refractivity contribution in [3.05, 3.63) is 194 Å². The van der Waals surface area contributed by atoms with Gasteiger partial charge < -0.3 is 9.13 Å². The van der Waals surface area contributed by atoms with E-state index in [1.165, 1.54) is 10.8 Å². The second-order valence-electron chi connectivity index (χ2n) is 14.1. The first kappa shape index (κ1) is 31.7. The van der Waals surface area contributed by atoms with E-state index in [2.05, 4.69) is 161 Å². The predicted molar refractivity (Wildman–Crippen MR) is 229 cm³/mol. The van der Waals surface area contributed by atoms with E-state index in [1.807, 2.05) is 42.5 Å². The number of nitrogens with zero attached hydrogens (tertiary/aromatic N) is 5. The van der Waals surface area contributed by atoms with Gasteiger partial charge in [0, 0.05) is 49.6 Å². The molecule has 5 nitrogen and oxygen atoms in total. The molecule has 11 aromatic rings. The van der Waals surface area contributed by atoms with Crippen molar-refractivity contribution in [1.82, 2.24) is 19.1 Å². The molecule has 0 saturated carbocycles. The summed E-state index contributed by atoms with van der Waals surface area (Å²) >= 11 is 0. The Bertz CT molecular complexity index is 3350. The number of para-hydroxylation sites is 3.